The van der Waals surface area contributed by atoms with Crippen molar-refractivity contribution in [3.05, 3.63) is 28.3 Å². The summed E-state index contributed by atoms with van der Waals surface area (Å²) in [5.41, 5.74) is 9.97. The molecule has 78 valence electrons. The Morgan fingerprint density at radius 1 is 1.29 bits per heavy atom. The van der Waals surface area contributed by atoms with E-state index in [4.69, 9.17) is 5.73 Å². The molecule has 0 saturated carbocycles. The zero-order chi connectivity index (χ0) is 10.9. The SMILES string of the molecule is Cc1cc(C)c(C(C)CN)c(C)c1O. The summed E-state index contributed by atoms with van der Waals surface area (Å²) >= 11 is 0. The third-order valence-electron chi connectivity index (χ3n) is 2.84. The monoisotopic (exact) mass is 193 g/mol. The molecule has 0 fully saturated rings. The zero-order valence-electron chi connectivity index (χ0n) is 9.39. The second-order valence-corrected chi connectivity index (χ2v) is 4.03. The Balaban J connectivity index is 3.36. The fraction of sp³-hybridized carbons (Fsp3) is 0.500. The van der Waals surface area contributed by atoms with Crippen LogP contribution in [0, 0.1) is 20.8 Å². The molecule has 14 heavy (non-hydrogen) atoms. The molecule has 0 amide bonds. The molecule has 0 aliphatic heterocycles. The Labute approximate surface area is 85.8 Å². The lowest BCUT2D eigenvalue weighted by atomic mass is 9.90. The summed E-state index contributed by atoms with van der Waals surface area (Å²) in [6.07, 6.45) is 0. The van der Waals surface area contributed by atoms with Crippen LogP contribution in [0.4, 0.5) is 0 Å². The molecule has 0 radical (unpaired) electrons. The fourth-order valence-electron chi connectivity index (χ4n) is 2.07. The highest BCUT2D eigenvalue weighted by Crippen LogP contribution is 2.31. The molecule has 1 aromatic carbocycles. The van der Waals surface area contributed by atoms with Gasteiger partial charge < -0.3 is 10.8 Å². The normalized spacial score (nSPS) is 12.9. The first kappa shape index (κ1) is 11.1. The van der Waals surface area contributed by atoms with Crippen LogP contribution in [0.15, 0.2) is 6.07 Å². The van der Waals surface area contributed by atoms with Gasteiger partial charge >= 0.3 is 0 Å². The minimum atomic E-state index is 0.307. The molecule has 0 saturated heterocycles. The zero-order valence-corrected chi connectivity index (χ0v) is 9.39. The number of rotatable bonds is 2. The van der Waals surface area contributed by atoms with E-state index in [-0.39, 0.29) is 0 Å². The molecule has 0 spiro atoms. The summed E-state index contributed by atoms with van der Waals surface area (Å²) in [4.78, 5) is 0. The minimum Gasteiger partial charge on any atom is -0.507 e. The number of hydrogen-bond acceptors (Lipinski definition) is 2. The fourth-order valence-corrected chi connectivity index (χ4v) is 2.07. The van der Waals surface area contributed by atoms with E-state index >= 15 is 0 Å². The van der Waals surface area contributed by atoms with Gasteiger partial charge in [0.2, 0.25) is 0 Å². The molecule has 1 atom stereocenters. The van der Waals surface area contributed by atoms with E-state index in [0.29, 0.717) is 18.2 Å². The van der Waals surface area contributed by atoms with Crippen molar-refractivity contribution < 1.29 is 5.11 Å². The van der Waals surface area contributed by atoms with E-state index in [1.807, 2.05) is 19.9 Å². The third-order valence-corrected chi connectivity index (χ3v) is 2.84. The number of aryl methyl sites for hydroxylation is 2. The maximum Gasteiger partial charge on any atom is 0.121 e. The van der Waals surface area contributed by atoms with Crippen LogP contribution in [-0.2, 0) is 0 Å². The first-order valence-electron chi connectivity index (χ1n) is 4.98. The van der Waals surface area contributed by atoms with E-state index in [9.17, 15) is 5.11 Å². The largest absolute Gasteiger partial charge is 0.507 e. The number of phenolic OH excluding ortho intramolecular Hbond substituents is 1. The Morgan fingerprint density at radius 3 is 2.36 bits per heavy atom. The van der Waals surface area contributed by atoms with Crippen LogP contribution in [0.5, 0.6) is 5.75 Å². The Hall–Kier alpha value is -1.02. The van der Waals surface area contributed by atoms with Gasteiger partial charge in [0.05, 0.1) is 0 Å². The first-order chi connectivity index (χ1) is 6.49. The first-order valence-corrected chi connectivity index (χ1v) is 4.98. The van der Waals surface area contributed by atoms with Gasteiger partial charge in [0.1, 0.15) is 5.75 Å². The molecular weight excluding hydrogens is 174 g/mol. The van der Waals surface area contributed by atoms with Crippen molar-refractivity contribution in [2.45, 2.75) is 33.6 Å². The van der Waals surface area contributed by atoms with Gasteiger partial charge in [-0.1, -0.05) is 13.0 Å². The van der Waals surface area contributed by atoms with E-state index in [2.05, 4.69) is 13.8 Å². The van der Waals surface area contributed by atoms with Gasteiger partial charge in [-0.05, 0) is 55.5 Å². The highest BCUT2D eigenvalue weighted by atomic mass is 16.3. The maximum absolute atomic E-state index is 9.82. The average molecular weight is 193 g/mol. The lowest BCUT2D eigenvalue weighted by Gasteiger charge is -2.18. The van der Waals surface area contributed by atoms with Gasteiger partial charge in [0, 0.05) is 0 Å². The molecule has 2 nitrogen and oxygen atoms in total. The van der Waals surface area contributed by atoms with Gasteiger partial charge in [0.25, 0.3) is 0 Å². The summed E-state index contributed by atoms with van der Waals surface area (Å²) < 4.78 is 0. The Kier molecular flexibility index (Phi) is 3.17. The van der Waals surface area contributed by atoms with Crippen LogP contribution in [0.2, 0.25) is 0 Å². The summed E-state index contributed by atoms with van der Waals surface area (Å²) in [5, 5.41) is 9.82. The van der Waals surface area contributed by atoms with Crippen LogP contribution in [0.3, 0.4) is 0 Å². The quantitative estimate of drug-likeness (QED) is 0.757. The lowest BCUT2D eigenvalue weighted by Crippen LogP contribution is -2.12. The average Bonchev–Trinajstić information content (AvgIpc) is 2.14. The van der Waals surface area contributed by atoms with E-state index < -0.39 is 0 Å². The van der Waals surface area contributed by atoms with E-state index in [1.165, 1.54) is 11.1 Å². The van der Waals surface area contributed by atoms with Crippen LogP contribution in [0.1, 0.15) is 35.1 Å². The van der Waals surface area contributed by atoms with Gasteiger partial charge in [-0.25, -0.2) is 0 Å². The smallest absolute Gasteiger partial charge is 0.121 e. The Bertz CT molecular complexity index is 345. The predicted octanol–water partition coefficient (Wildman–Crippen LogP) is 2.38. The third kappa shape index (κ3) is 1.75. The van der Waals surface area contributed by atoms with Crippen molar-refractivity contribution in [3.8, 4) is 5.75 Å². The Morgan fingerprint density at radius 2 is 1.86 bits per heavy atom. The van der Waals surface area contributed by atoms with Crippen molar-refractivity contribution >= 4 is 0 Å². The van der Waals surface area contributed by atoms with Crippen molar-refractivity contribution in [3.63, 3.8) is 0 Å². The van der Waals surface area contributed by atoms with Gasteiger partial charge in [-0.3, -0.25) is 0 Å². The van der Waals surface area contributed by atoms with Crippen molar-refractivity contribution in [1.82, 2.24) is 0 Å². The molecule has 0 aromatic heterocycles. The molecular formula is C12H19NO. The molecule has 0 bridgehead atoms. The number of aromatic hydroxyl groups is 1. The van der Waals surface area contributed by atoms with Crippen molar-refractivity contribution in [1.29, 1.82) is 0 Å². The maximum atomic E-state index is 9.82. The number of benzene rings is 1. The highest BCUT2D eigenvalue weighted by Gasteiger charge is 2.14. The second kappa shape index (κ2) is 4.01. The minimum absolute atomic E-state index is 0.307. The van der Waals surface area contributed by atoms with Gasteiger partial charge in [-0.2, -0.15) is 0 Å². The van der Waals surface area contributed by atoms with E-state index in [1.54, 1.807) is 0 Å². The summed E-state index contributed by atoms with van der Waals surface area (Å²) in [6.45, 7) is 8.65. The van der Waals surface area contributed by atoms with Crippen LogP contribution < -0.4 is 5.73 Å². The summed E-state index contributed by atoms with van der Waals surface area (Å²) in [6, 6.07) is 2.02. The molecule has 3 N–H and O–H groups in total. The van der Waals surface area contributed by atoms with Crippen molar-refractivity contribution in [2.24, 2.45) is 5.73 Å². The molecule has 1 aromatic rings. The highest BCUT2D eigenvalue weighted by molar-refractivity contribution is 5.49. The van der Waals surface area contributed by atoms with Crippen molar-refractivity contribution in [2.75, 3.05) is 6.54 Å². The summed E-state index contributed by atoms with van der Waals surface area (Å²) in [7, 11) is 0. The molecule has 2 heteroatoms. The van der Waals surface area contributed by atoms with Crippen LogP contribution in [0.25, 0.3) is 0 Å². The van der Waals surface area contributed by atoms with Gasteiger partial charge in [-0.15, -0.1) is 0 Å². The number of nitrogens with two attached hydrogens (primary N) is 1. The number of hydrogen-bond donors (Lipinski definition) is 2. The molecule has 1 unspecified atom stereocenters. The van der Waals surface area contributed by atoms with Gasteiger partial charge in [0.15, 0.2) is 0 Å². The predicted molar refractivity (Wildman–Crippen MR) is 59.8 cm³/mol. The second-order valence-electron chi connectivity index (χ2n) is 4.03. The molecule has 0 aliphatic carbocycles. The summed E-state index contributed by atoms with van der Waals surface area (Å²) in [5.74, 6) is 0.715. The number of phenols is 1. The molecule has 1 rings (SSSR count). The molecule has 0 heterocycles. The topological polar surface area (TPSA) is 46.2 Å². The van der Waals surface area contributed by atoms with Crippen LogP contribution in [-0.4, -0.2) is 11.7 Å². The van der Waals surface area contributed by atoms with E-state index in [0.717, 1.165) is 11.1 Å². The van der Waals surface area contributed by atoms with Crippen LogP contribution >= 0.6 is 0 Å². The molecule has 0 aliphatic rings. The lowest BCUT2D eigenvalue weighted by molar-refractivity contribution is 0.464. The standard InChI is InChI=1S/C12H19NO/c1-7-5-8(2)12(14)10(4)11(7)9(3)6-13/h5,9,14H,6,13H2,1-4H3.